The van der Waals surface area contributed by atoms with Gasteiger partial charge in [0.25, 0.3) is 0 Å². The zero-order valence-electron chi connectivity index (χ0n) is 12.8. The molecule has 3 heteroatoms. The first kappa shape index (κ1) is 16.0. The van der Waals surface area contributed by atoms with Crippen molar-refractivity contribution in [1.82, 2.24) is 0 Å². The third-order valence-electron chi connectivity index (χ3n) is 4.13. The monoisotopic (exact) mass is 290 g/mol. The minimum atomic E-state index is -0.319. The molecule has 1 N–H and O–H groups in total. The zero-order chi connectivity index (χ0) is 15.3. The van der Waals surface area contributed by atoms with E-state index in [1.165, 1.54) is 25.0 Å². The van der Waals surface area contributed by atoms with Gasteiger partial charge in [0.1, 0.15) is 12.4 Å². The van der Waals surface area contributed by atoms with Gasteiger partial charge in [-0.1, -0.05) is 31.8 Å². The van der Waals surface area contributed by atoms with E-state index in [0.717, 1.165) is 18.4 Å². The quantitative estimate of drug-likeness (QED) is 0.861. The summed E-state index contributed by atoms with van der Waals surface area (Å²) >= 11 is 0. The molecule has 0 heterocycles. The van der Waals surface area contributed by atoms with E-state index in [1.807, 2.05) is 0 Å². The minimum absolute atomic E-state index is 0.228. The molecule has 2 rings (SSSR count). The molecule has 1 saturated carbocycles. The van der Waals surface area contributed by atoms with Gasteiger partial charge < -0.3 is 9.84 Å². The molecular formula is C18H23FO2. The van der Waals surface area contributed by atoms with Crippen LogP contribution in [-0.2, 0) is 11.3 Å². The molecule has 0 bridgehead atoms. The van der Waals surface area contributed by atoms with Crippen molar-refractivity contribution in [2.75, 3.05) is 6.61 Å². The normalized spacial score (nSPS) is 18.1. The van der Waals surface area contributed by atoms with Crippen LogP contribution >= 0.6 is 0 Å². The first-order chi connectivity index (χ1) is 10.00. The van der Waals surface area contributed by atoms with Gasteiger partial charge in [0.15, 0.2) is 0 Å². The standard InChI is InChI=1S/C18H23FO2/c1-18(2)9-7-17(8-10-18)21-13-15-5-6-16(19)12-14(15)4-3-11-20/h5-6,12,17,20H,7-11,13H2,1-2H3. The van der Waals surface area contributed by atoms with Crippen molar-refractivity contribution >= 4 is 0 Å². The molecule has 0 aliphatic heterocycles. The molecule has 0 aromatic heterocycles. The lowest BCUT2D eigenvalue weighted by Crippen LogP contribution is -2.26. The molecule has 2 nitrogen and oxygen atoms in total. The average Bonchev–Trinajstić information content (AvgIpc) is 2.45. The van der Waals surface area contributed by atoms with E-state index in [2.05, 4.69) is 25.7 Å². The van der Waals surface area contributed by atoms with Gasteiger partial charge in [-0.2, -0.15) is 0 Å². The number of halogens is 1. The summed E-state index contributed by atoms with van der Waals surface area (Å²) in [6, 6.07) is 4.53. The maximum atomic E-state index is 13.3. The van der Waals surface area contributed by atoms with E-state index in [1.54, 1.807) is 6.07 Å². The third kappa shape index (κ3) is 4.84. The van der Waals surface area contributed by atoms with Gasteiger partial charge in [0.2, 0.25) is 0 Å². The highest BCUT2D eigenvalue weighted by Gasteiger charge is 2.27. The number of ether oxygens (including phenoxy) is 1. The number of hydrogen-bond donors (Lipinski definition) is 1. The molecule has 1 aromatic rings. The van der Waals surface area contributed by atoms with Crippen molar-refractivity contribution in [2.45, 2.75) is 52.2 Å². The van der Waals surface area contributed by atoms with Crippen molar-refractivity contribution < 1.29 is 14.2 Å². The van der Waals surface area contributed by atoms with Crippen LogP contribution in [0.2, 0.25) is 0 Å². The van der Waals surface area contributed by atoms with Crippen LogP contribution < -0.4 is 0 Å². The Morgan fingerprint density at radius 2 is 2.05 bits per heavy atom. The Kier molecular flexibility index (Phi) is 5.39. The number of rotatable bonds is 3. The van der Waals surface area contributed by atoms with Gasteiger partial charge in [0.05, 0.1) is 12.7 Å². The second kappa shape index (κ2) is 7.06. The molecular weight excluding hydrogens is 267 g/mol. The van der Waals surface area contributed by atoms with Crippen LogP contribution in [0, 0.1) is 23.1 Å². The van der Waals surface area contributed by atoms with E-state index in [-0.39, 0.29) is 18.5 Å². The second-order valence-electron chi connectivity index (χ2n) is 6.44. The molecule has 114 valence electrons. The predicted octanol–water partition coefficient (Wildman–Crippen LogP) is 3.65. The summed E-state index contributed by atoms with van der Waals surface area (Å²) in [7, 11) is 0. The Morgan fingerprint density at radius 3 is 2.71 bits per heavy atom. The van der Waals surface area contributed by atoms with E-state index in [9.17, 15) is 4.39 Å². The van der Waals surface area contributed by atoms with Gasteiger partial charge in [-0.15, -0.1) is 0 Å². The maximum Gasteiger partial charge on any atom is 0.124 e. The first-order valence-corrected chi connectivity index (χ1v) is 7.50. The highest BCUT2D eigenvalue weighted by Crippen LogP contribution is 2.36. The third-order valence-corrected chi connectivity index (χ3v) is 4.13. The Hall–Kier alpha value is -1.37. The molecule has 1 aliphatic carbocycles. The lowest BCUT2D eigenvalue weighted by molar-refractivity contribution is -0.00567. The van der Waals surface area contributed by atoms with E-state index in [0.29, 0.717) is 17.6 Å². The molecule has 0 atom stereocenters. The van der Waals surface area contributed by atoms with Crippen LogP contribution in [0.15, 0.2) is 18.2 Å². The smallest absolute Gasteiger partial charge is 0.124 e. The maximum absolute atomic E-state index is 13.3. The van der Waals surface area contributed by atoms with Crippen molar-refractivity contribution in [3.63, 3.8) is 0 Å². The molecule has 0 amide bonds. The van der Waals surface area contributed by atoms with Gasteiger partial charge in [0, 0.05) is 5.56 Å². The molecule has 0 unspecified atom stereocenters. The molecule has 21 heavy (non-hydrogen) atoms. The fraction of sp³-hybridized carbons (Fsp3) is 0.556. The number of aliphatic hydroxyl groups excluding tert-OH is 1. The second-order valence-corrected chi connectivity index (χ2v) is 6.44. The van der Waals surface area contributed by atoms with Crippen molar-refractivity contribution in [3.05, 3.63) is 35.1 Å². The van der Waals surface area contributed by atoms with Crippen molar-refractivity contribution in [1.29, 1.82) is 0 Å². The first-order valence-electron chi connectivity index (χ1n) is 7.50. The summed E-state index contributed by atoms with van der Waals surface area (Å²) in [4.78, 5) is 0. The van der Waals surface area contributed by atoms with Crippen LogP contribution in [-0.4, -0.2) is 17.8 Å². The van der Waals surface area contributed by atoms with E-state index >= 15 is 0 Å². The van der Waals surface area contributed by atoms with Crippen LogP contribution in [0.3, 0.4) is 0 Å². The summed E-state index contributed by atoms with van der Waals surface area (Å²) in [6.45, 7) is 4.81. The van der Waals surface area contributed by atoms with Crippen molar-refractivity contribution in [3.8, 4) is 11.8 Å². The lowest BCUT2D eigenvalue weighted by atomic mass is 9.76. The number of benzene rings is 1. The van der Waals surface area contributed by atoms with Crippen LogP contribution in [0.5, 0.6) is 0 Å². The van der Waals surface area contributed by atoms with Crippen molar-refractivity contribution in [2.24, 2.45) is 5.41 Å². The molecule has 0 spiro atoms. The van der Waals surface area contributed by atoms with Gasteiger partial charge in [-0.3, -0.25) is 0 Å². The molecule has 1 aliphatic rings. The Bertz CT molecular complexity index is 530. The Balaban J connectivity index is 1.97. The fourth-order valence-electron chi connectivity index (χ4n) is 2.67. The fourth-order valence-corrected chi connectivity index (χ4v) is 2.67. The van der Waals surface area contributed by atoms with Crippen LogP contribution in [0.4, 0.5) is 4.39 Å². The summed E-state index contributed by atoms with van der Waals surface area (Å²) < 4.78 is 19.3. The minimum Gasteiger partial charge on any atom is -0.384 e. The Labute approximate surface area is 126 Å². The van der Waals surface area contributed by atoms with Gasteiger partial charge in [-0.25, -0.2) is 4.39 Å². The SMILES string of the molecule is CC1(C)CCC(OCc2ccc(F)cc2C#CCO)CC1. The van der Waals surface area contributed by atoms with Crippen LogP contribution in [0.1, 0.15) is 50.7 Å². The largest absolute Gasteiger partial charge is 0.384 e. The van der Waals surface area contributed by atoms with E-state index in [4.69, 9.17) is 9.84 Å². The highest BCUT2D eigenvalue weighted by atomic mass is 19.1. The predicted molar refractivity (Wildman–Crippen MR) is 81.2 cm³/mol. The summed E-state index contributed by atoms with van der Waals surface area (Å²) in [5.74, 6) is 5.03. The highest BCUT2D eigenvalue weighted by molar-refractivity contribution is 5.41. The van der Waals surface area contributed by atoms with Gasteiger partial charge in [-0.05, 0) is 48.8 Å². The van der Waals surface area contributed by atoms with Gasteiger partial charge >= 0.3 is 0 Å². The van der Waals surface area contributed by atoms with Crippen LogP contribution in [0.25, 0.3) is 0 Å². The molecule has 0 saturated heterocycles. The number of aliphatic hydroxyl groups is 1. The molecule has 1 aromatic carbocycles. The summed E-state index contributed by atoms with van der Waals surface area (Å²) in [5.41, 5.74) is 1.90. The topological polar surface area (TPSA) is 29.5 Å². The lowest BCUT2D eigenvalue weighted by Gasteiger charge is -2.34. The zero-order valence-corrected chi connectivity index (χ0v) is 12.8. The average molecular weight is 290 g/mol. The molecule has 0 radical (unpaired) electrons. The van der Waals surface area contributed by atoms with E-state index < -0.39 is 0 Å². The Morgan fingerprint density at radius 1 is 1.33 bits per heavy atom. The summed E-state index contributed by atoms with van der Waals surface area (Å²) in [5, 5.41) is 8.77. The number of hydrogen-bond acceptors (Lipinski definition) is 2. The molecule has 1 fully saturated rings. The summed E-state index contributed by atoms with van der Waals surface area (Å²) in [6.07, 6.45) is 4.79.